The summed E-state index contributed by atoms with van der Waals surface area (Å²) in [4.78, 5) is 10.9. The van der Waals surface area contributed by atoms with Gasteiger partial charge < -0.3 is 14.3 Å². The van der Waals surface area contributed by atoms with E-state index < -0.39 is 5.97 Å². The van der Waals surface area contributed by atoms with Crippen LogP contribution in [0, 0.1) is 13.8 Å². The summed E-state index contributed by atoms with van der Waals surface area (Å²) in [5.41, 5.74) is 1.49. The molecular formula is C14H13ClO4. The average Bonchev–Trinajstić information content (AvgIpc) is 2.69. The number of carboxylic acid groups (broad SMARTS) is 1. The first-order valence-electron chi connectivity index (χ1n) is 5.69. The third-order valence-electron chi connectivity index (χ3n) is 2.67. The Morgan fingerprint density at radius 1 is 1.32 bits per heavy atom. The maximum atomic E-state index is 10.9. The van der Waals surface area contributed by atoms with Crippen LogP contribution in [0.15, 0.2) is 28.7 Å². The highest BCUT2D eigenvalue weighted by molar-refractivity contribution is 6.30. The molecule has 1 aromatic heterocycles. The summed E-state index contributed by atoms with van der Waals surface area (Å²) < 4.78 is 10.8. The third kappa shape index (κ3) is 3.09. The lowest BCUT2D eigenvalue weighted by atomic mass is 10.2. The molecule has 0 aliphatic heterocycles. The molecule has 0 unspecified atom stereocenters. The molecule has 2 aromatic rings. The molecule has 100 valence electrons. The van der Waals surface area contributed by atoms with Crippen molar-refractivity contribution in [3.63, 3.8) is 0 Å². The fourth-order valence-corrected chi connectivity index (χ4v) is 1.98. The molecule has 0 saturated carbocycles. The molecule has 1 heterocycles. The van der Waals surface area contributed by atoms with E-state index in [-0.39, 0.29) is 12.4 Å². The van der Waals surface area contributed by atoms with Crippen LogP contribution in [-0.4, -0.2) is 11.1 Å². The van der Waals surface area contributed by atoms with Crippen molar-refractivity contribution >= 4 is 17.6 Å². The summed E-state index contributed by atoms with van der Waals surface area (Å²) in [5, 5.41) is 9.53. The number of rotatable bonds is 4. The summed E-state index contributed by atoms with van der Waals surface area (Å²) in [6.07, 6.45) is 0. The molecule has 4 nitrogen and oxygen atoms in total. The monoisotopic (exact) mass is 280 g/mol. The van der Waals surface area contributed by atoms with Crippen LogP contribution in [0.1, 0.15) is 27.4 Å². The molecule has 0 atom stereocenters. The predicted octanol–water partition coefficient (Wildman–Crippen LogP) is 3.83. The Kier molecular flexibility index (Phi) is 3.81. The Bertz CT molecular complexity index is 616. The van der Waals surface area contributed by atoms with Crippen LogP contribution in [-0.2, 0) is 6.61 Å². The molecule has 0 aliphatic carbocycles. The van der Waals surface area contributed by atoms with Gasteiger partial charge in [-0.2, -0.15) is 0 Å². The van der Waals surface area contributed by atoms with Crippen LogP contribution < -0.4 is 4.74 Å². The van der Waals surface area contributed by atoms with E-state index in [0.717, 1.165) is 5.56 Å². The number of hydrogen-bond donors (Lipinski definition) is 1. The molecule has 5 heteroatoms. The summed E-state index contributed by atoms with van der Waals surface area (Å²) >= 11 is 5.85. The van der Waals surface area contributed by atoms with Gasteiger partial charge in [0.2, 0.25) is 5.76 Å². The van der Waals surface area contributed by atoms with E-state index in [2.05, 4.69) is 0 Å². The van der Waals surface area contributed by atoms with Gasteiger partial charge in [-0.1, -0.05) is 11.6 Å². The number of aromatic carboxylic acids is 1. The fourth-order valence-electron chi connectivity index (χ4n) is 1.76. The minimum absolute atomic E-state index is 0.0496. The molecule has 0 radical (unpaired) electrons. The van der Waals surface area contributed by atoms with Crippen LogP contribution >= 0.6 is 11.6 Å². The van der Waals surface area contributed by atoms with Crippen LogP contribution in [0.25, 0.3) is 0 Å². The van der Waals surface area contributed by atoms with E-state index >= 15 is 0 Å². The normalized spacial score (nSPS) is 10.5. The zero-order valence-corrected chi connectivity index (χ0v) is 11.3. The molecule has 0 fully saturated rings. The number of carboxylic acids is 1. The van der Waals surface area contributed by atoms with Gasteiger partial charge in [-0.05, 0) is 43.7 Å². The molecule has 1 aromatic carbocycles. The second-order valence-corrected chi connectivity index (χ2v) is 4.66. The van der Waals surface area contributed by atoms with Crippen LogP contribution in [0.5, 0.6) is 5.75 Å². The molecule has 0 spiro atoms. The Hall–Kier alpha value is -1.94. The zero-order chi connectivity index (χ0) is 14.0. The van der Waals surface area contributed by atoms with Crippen LogP contribution in [0.4, 0.5) is 0 Å². The van der Waals surface area contributed by atoms with Crippen molar-refractivity contribution in [1.82, 2.24) is 0 Å². The first-order chi connectivity index (χ1) is 8.97. The zero-order valence-electron chi connectivity index (χ0n) is 10.6. The fraction of sp³-hybridized carbons (Fsp3) is 0.214. The quantitative estimate of drug-likeness (QED) is 0.925. The lowest BCUT2D eigenvalue weighted by molar-refractivity contribution is 0.0657. The molecule has 0 bridgehead atoms. The Labute approximate surface area is 115 Å². The Morgan fingerprint density at radius 2 is 2.05 bits per heavy atom. The number of hydrogen-bond acceptors (Lipinski definition) is 3. The number of carbonyl (C=O) groups is 1. The second-order valence-electron chi connectivity index (χ2n) is 4.23. The summed E-state index contributed by atoms with van der Waals surface area (Å²) in [5.74, 6) is 0.0393. The van der Waals surface area contributed by atoms with E-state index in [0.29, 0.717) is 22.1 Å². The first kappa shape index (κ1) is 13.5. The Morgan fingerprint density at radius 3 is 2.63 bits per heavy atom. The van der Waals surface area contributed by atoms with Crippen molar-refractivity contribution in [3.05, 3.63) is 51.9 Å². The first-order valence-corrected chi connectivity index (χ1v) is 6.06. The standard InChI is InChI=1S/C14H13ClO4/c1-8-5-10(15)3-4-12(8)18-7-11-6-9(2)13(19-11)14(16)17/h3-6H,7H2,1-2H3,(H,16,17). The molecule has 0 amide bonds. The third-order valence-corrected chi connectivity index (χ3v) is 2.91. The van der Waals surface area contributed by atoms with Gasteiger partial charge in [0, 0.05) is 10.6 Å². The second kappa shape index (κ2) is 5.36. The minimum Gasteiger partial charge on any atom is -0.485 e. The molecular weight excluding hydrogens is 268 g/mol. The topological polar surface area (TPSA) is 59.7 Å². The molecule has 19 heavy (non-hydrogen) atoms. The summed E-state index contributed by atoms with van der Waals surface area (Å²) in [6, 6.07) is 6.97. The van der Waals surface area contributed by atoms with Crippen LogP contribution in [0.3, 0.4) is 0 Å². The van der Waals surface area contributed by atoms with Crippen molar-refractivity contribution in [2.45, 2.75) is 20.5 Å². The van der Waals surface area contributed by atoms with Gasteiger partial charge in [0.25, 0.3) is 0 Å². The highest BCUT2D eigenvalue weighted by atomic mass is 35.5. The smallest absolute Gasteiger partial charge is 0.372 e. The van der Waals surface area contributed by atoms with Gasteiger partial charge >= 0.3 is 5.97 Å². The Balaban J connectivity index is 2.10. The van der Waals surface area contributed by atoms with Crippen molar-refractivity contribution in [1.29, 1.82) is 0 Å². The van der Waals surface area contributed by atoms with Gasteiger partial charge in [0.15, 0.2) is 0 Å². The van der Waals surface area contributed by atoms with E-state index in [9.17, 15) is 4.79 Å². The number of ether oxygens (including phenoxy) is 1. The largest absolute Gasteiger partial charge is 0.485 e. The molecule has 0 saturated heterocycles. The maximum absolute atomic E-state index is 10.9. The number of furan rings is 1. The van der Waals surface area contributed by atoms with Crippen molar-refractivity contribution in [2.75, 3.05) is 0 Å². The van der Waals surface area contributed by atoms with Gasteiger partial charge in [-0.15, -0.1) is 0 Å². The highest BCUT2D eigenvalue weighted by Crippen LogP contribution is 2.23. The SMILES string of the molecule is Cc1cc(Cl)ccc1OCc1cc(C)c(C(=O)O)o1. The minimum atomic E-state index is -1.08. The maximum Gasteiger partial charge on any atom is 0.372 e. The van der Waals surface area contributed by atoms with E-state index in [1.54, 1.807) is 31.2 Å². The lowest BCUT2D eigenvalue weighted by Gasteiger charge is -2.07. The predicted molar refractivity (Wildman–Crippen MR) is 70.9 cm³/mol. The van der Waals surface area contributed by atoms with Gasteiger partial charge in [-0.25, -0.2) is 4.79 Å². The highest BCUT2D eigenvalue weighted by Gasteiger charge is 2.14. The van der Waals surface area contributed by atoms with E-state index in [1.807, 2.05) is 6.92 Å². The number of aryl methyl sites for hydroxylation is 2. The lowest BCUT2D eigenvalue weighted by Crippen LogP contribution is -1.97. The van der Waals surface area contributed by atoms with Crippen molar-refractivity contribution in [2.24, 2.45) is 0 Å². The van der Waals surface area contributed by atoms with Gasteiger partial charge in [0.1, 0.15) is 18.1 Å². The summed E-state index contributed by atoms with van der Waals surface area (Å²) in [7, 11) is 0. The number of halogens is 1. The van der Waals surface area contributed by atoms with E-state index in [1.165, 1.54) is 0 Å². The van der Waals surface area contributed by atoms with Crippen LogP contribution in [0.2, 0.25) is 5.02 Å². The van der Waals surface area contributed by atoms with Gasteiger partial charge in [0.05, 0.1) is 0 Å². The molecule has 2 rings (SSSR count). The summed E-state index contributed by atoms with van der Waals surface area (Å²) in [6.45, 7) is 3.75. The average molecular weight is 281 g/mol. The van der Waals surface area contributed by atoms with Crippen molar-refractivity contribution < 1.29 is 19.1 Å². The molecule has 0 aliphatic rings. The van der Waals surface area contributed by atoms with Crippen molar-refractivity contribution in [3.8, 4) is 5.75 Å². The number of benzene rings is 1. The molecule has 1 N–H and O–H groups in total. The van der Waals surface area contributed by atoms with E-state index in [4.69, 9.17) is 25.9 Å². The van der Waals surface area contributed by atoms with Gasteiger partial charge in [-0.3, -0.25) is 0 Å².